The molecule has 0 fully saturated rings. The van der Waals surface area contributed by atoms with Crippen LogP contribution in [0, 0.1) is 20.8 Å². The Morgan fingerprint density at radius 3 is 2.35 bits per heavy atom. The van der Waals surface area contributed by atoms with E-state index in [0.29, 0.717) is 5.92 Å². The Labute approximate surface area is 139 Å². The van der Waals surface area contributed by atoms with Crippen molar-refractivity contribution in [1.82, 2.24) is 0 Å². The number of hydrogen-bond donors (Lipinski definition) is 0. The summed E-state index contributed by atoms with van der Waals surface area (Å²) < 4.78 is 2.26. The predicted molar refractivity (Wildman–Crippen MR) is 98.9 cm³/mol. The summed E-state index contributed by atoms with van der Waals surface area (Å²) in [5, 5.41) is 2.71. The number of fused-ring (bicyclic) bond motifs is 1. The molecule has 0 amide bonds. The summed E-state index contributed by atoms with van der Waals surface area (Å²) in [5.74, 6) is 0.527. The monoisotopic (exact) mass is 304 g/mol. The average molecular weight is 304 g/mol. The average Bonchev–Trinajstić information content (AvgIpc) is 2.50. The van der Waals surface area contributed by atoms with E-state index in [1.54, 1.807) is 0 Å². The smallest absolute Gasteiger partial charge is 0.200 e. The SMILES string of the molecule is Cc1cc(C)c(C)c(-c2c3cccc(C(C)C)c3cc[n+]2C)c1. The van der Waals surface area contributed by atoms with Crippen LogP contribution in [0.15, 0.2) is 42.6 Å². The van der Waals surface area contributed by atoms with Crippen molar-refractivity contribution in [3.63, 3.8) is 0 Å². The van der Waals surface area contributed by atoms with Gasteiger partial charge < -0.3 is 0 Å². The highest BCUT2D eigenvalue weighted by molar-refractivity contribution is 5.96. The molecule has 1 aromatic heterocycles. The van der Waals surface area contributed by atoms with Gasteiger partial charge in [0.1, 0.15) is 7.05 Å². The molecule has 3 rings (SSSR count). The molecule has 1 heteroatoms. The number of aryl methyl sites for hydroxylation is 3. The van der Waals surface area contributed by atoms with Crippen LogP contribution in [-0.2, 0) is 7.05 Å². The number of benzene rings is 2. The fraction of sp³-hybridized carbons (Fsp3) is 0.318. The molecule has 0 aliphatic rings. The second kappa shape index (κ2) is 5.81. The van der Waals surface area contributed by atoms with E-state index < -0.39 is 0 Å². The fourth-order valence-electron chi connectivity index (χ4n) is 3.55. The van der Waals surface area contributed by atoms with Crippen molar-refractivity contribution < 1.29 is 4.57 Å². The van der Waals surface area contributed by atoms with Gasteiger partial charge in [0, 0.05) is 6.07 Å². The molecular formula is C22H26N+. The molecule has 23 heavy (non-hydrogen) atoms. The first-order valence-electron chi connectivity index (χ1n) is 8.39. The highest BCUT2D eigenvalue weighted by atomic mass is 14.9. The van der Waals surface area contributed by atoms with Gasteiger partial charge in [-0.1, -0.05) is 37.6 Å². The van der Waals surface area contributed by atoms with Crippen LogP contribution >= 0.6 is 0 Å². The second-order valence-corrected chi connectivity index (χ2v) is 6.99. The van der Waals surface area contributed by atoms with Gasteiger partial charge in [-0.2, -0.15) is 0 Å². The summed E-state index contributed by atoms with van der Waals surface area (Å²) in [4.78, 5) is 0. The summed E-state index contributed by atoms with van der Waals surface area (Å²) in [5.41, 5.74) is 8.13. The first-order chi connectivity index (χ1) is 10.9. The van der Waals surface area contributed by atoms with Crippen molar-refractivity contribution in [1.29, 1.82) is 0 Å². The van der Waals surface area contributed by atoms with E-state index in [1.807, 2.05) is 0 Å². The summed E-state index contributed by atoms with van der Waals surface area (Å²) in [7, 11) is 2.15. The molecule has 0 saturated heterocycles. The topological polar surface area (TPSA) is 3.88 Å². The number of aromatic nitrogens is 1. The Morgan fingerprint density at radius 2 is 1.65 bits per heavy atom. The Balaban J connectivity index is 2.43. The van der Waals surface area contributed by atoms with Gasteiger partial charge in [0.25, 0.3) is 0 Å². The zero-order valence-electron chi connectivity index (χ0n) is 15.1. The molecule has 0 radical (unpaired) electrons. The fourth-order valence-corrected chi connectivity index (χ4v) is 3.55. The molecule has 118 valence electrons. The maximum atomic E-state index is 2.32. The Kier molecular flexibility index (Phi) is 3.97. The minimum atomic E-state index is 0.527. The van der Waals surface area contributed by atoms with Crippen LogP contribution in [0.2, 0.25) is 0 Å². The number of pyridine rings is 1. The van der Waals surface area contributed by atoms with Gasteiger partial charge in [0.05, 0.1) is 10.9 Å². The lowest BCUT2D eigenvalue weighted by Crippen LogP contribution is -2.31. The Morgan fingerprint density at radius 1 is 0.913 bits per heavy atom. The van der Waals surface area contributed by atoms with E-state index in [-0.39, 0.29) is 0 Å². The van der Waals surface area contributed by atoms with Crippen molar-refractivity contribution in [2.75, 3.05) is 0 Å². The van der Waals surface area contributed by atoms with E-state index in [4.69, 9.17) is 0 Å². The predicted octanol–water partition coefficient (Wildman–Crippen LogP) is 5.38. The van der Waals surface area contributed by atoms with Gasteiger partial charge in [0.15, 0.2) is 6.20 Å². The molecule has 0 aliphatic carbocycles. The summed E-state index contributed by atoms with van der Waals surface area (Å²) in [6, 6.07) is 13.5. The normalized spacial score (nSPS) is 11.4. The third-order valence-corrected chi connectivity index (χ3v) is 4.90. The van der Waals surface area contributed by atoms with E-state index in [9.17, 15) is 0 Å². The minimum absolute atomic E-state index is 0.527. The van der Waals surface area contributed by atoms with Crippen molar-refractivity contribution in [2.45, 2.75) is 40.5 Å². The van der Waals surface area contributed by atoms with Gasteiger partial charge in [-0.15, -0.1) is 0 Å². The molecule has 0 unspecified atom stereocenters. The molecule has 0 bridgehead atoms. The standard InChI is InChI=1S/C22H26N/c1-14(2)18-8-7-9-20-19(18)10-11-23(6)22(20)21-13-15(3)12-16(4)17(21)5/h7-14H,1-6H3/q+1. The van der Waals surface area contributed by atoms with Crippen LogP contribution in [-0.4, -0.2) is 0 Å². The molecule has 3 aromatic rings. The van der Waals surface area contributed by atoms with Crippen LogP contribution in [0.5, 0.6) is 0 Å². The number of rotatable bonds is 2. The zero-order valence-corrected chi connectivity index (χ0v) is 15.1. The van der Waals surface area contributed by atoms with Crippen LogP contribution in [0.25, 0.3) is 22.0 Å². The first kappa shape index (κ1) is 15.7. The van der Waals surface area contributed by atoms with Crippen LogP contribution < -0.4 is 4.57 Å². The minimum Gasteiger partial charge on any atom is -0.200 e. The van der Waals surface area contributed by atoms with Crippen LogP contribution in [0.4, 0.5) is 0 Å². The van der Waals surface area contributed by atoms with Gasteiger partial charge in [-0.3, -0.25) is 0 Å². The number of nitrogens with zero attached hydrogens (tertiary/aromatic N) is 1. The van der Waals surface area contributed by atoms with Crippen LogP contribution in [0.3, 0.4) is 0 Å². The van der Waals surface area contributed by atoms with E-state index in [0.717, 1.165) is 0 Å². The molecule has 2 aromatic carbocycles. The van der Waals surface area contributed by atoms with Crippen LogP contribution in [0.1, 0.15) is 42.0 Å². The molecule has 0 aliphatic heterocycles. The molecule has 0 atom stereocenters. The third-order valence-electron chi connectivity index (χ3n) is 4.90. The second-order valence-electron chi connectivity index (χ2n) is 6.99. The molecular weight excluding hydrogens is 278 g/mol. The quantitative estimate of drug-likeness (QED) is 0.560. The molecule has 0 saturated carbocycles. The Hall–Kier alpha value is -2.15. The lowest BCUT2D eigenvalue weighted by molar-refractivity contribution is -0.659. The highest BCUT2D eigenvalue weighted by Crippen LogP contribution is 2.33. The van der Waals surface area contributed by atoms with Gasteiger partial charge in [-0.05, 0) is 60.9 Å². The summed E-state index contributed by atoms with van der Waals surface area (Å²) in [6.07, 6.45) is 2.20. The van der Waals surface area contributed by atoms with Crippen molar-refractivity contribution in [3.8, 4) is 11.3 Å². The van der Waals surface area contributed by atoms with Gasteiger partial charge in [0.2, 0.25) is 5.69 Å². The lowest BCUT2D eigenvalue weighted by atomic mass is 9.91. The summed E-state index contributed by atoms with van der Waals surface area (Å²) in [6.45, 7) is 11.2. The summed E-state index contributed by atoms with van der Waals surface area (Å²) >= 11 is 0. The third kappa shape index (κ3) is 2.65. The zero-order chi connectivity index (χ0) is 16.7. The largest absolute Gasteiger partial charge is 0.220 e. The van der Waals surface area contributed by atoms with E-state index in [2.05, 4.69) is 88.8 Å². The van der Waals surface area contributed by atoms with Gasteiger partial charge in [-0.25, -0.2) is 4.57 Å². The van der Waals surface area contributed by atoms with Crippen molar-refractivity contribution in [3.05, 3.63) is 64.8 Å². The molecule has 1 nitrogen and oxygen atoms in total. The Bertz CT molecular complexity index is 888. The molecule has 0 spiro atoms. The number of hydrogen-bond acceptors (Lipinski definition) is 0. The van der Waals surface area contributed by atoms with Crippen molar-refractivity contribution in [2.24, 2.45) is 7.05 Å². The van der Waals surface area contributed by atoms with E-state index >= 15 is 0 Å². The van der Waals surface area contributed by atoms with E-state index in [1.165, 1.54) is 44.3 Å². The molecule has 0 N–H and O–H groups in total. The highest BCUT2D eigenvalue weighted by Gasteiger charge is 2.19. The molecule has 1 heterocycles. The first-order valence-corrected chi connectivity index (χ1v) is 8.39. The maximum absolute atomic E-state index is 2.32. The van der Waals surface area contributed by atoms with Gasteiger partial charge >= 0.3 is 0 Å². The lowest BCUT2D eigenvalue weighted by Gasteiger charge is -2.14. The van der Waals surface area contributed by atoms with Crippen molar-refractivity contribution >= 4 is 10.8 Å². The maximum Gasteiger partial charge on any atom is 0.220 e.